The lowest BCUT2D eigenvalue weighted by molar-refractivity contribution is -0.127. The molecule has 2 heterocycles. The van der Waals surface area contributed by atoms with Crippen LogP contribution in [0.3, 0.4) is 0 Å². The zero-order valence-electron chi connectivity index (χ0n) is 19.8. The van der Waals surface area contributed by atoms with Gasteiger partial charge in [0.2, 0.25) is 5.91 Å². The molecule has 0 bridgehead atoms. The van der Waals surface area contributed by atoms with Gasteiger partial charge in [0, 0.05) is 17.5 Å². The normalized spacial score (nSPS) is 22.1. The Morgan fingerprint density at radius 2 is 1.79 bits per heavy atom. The Morgan fingerprint density at radius 3 is 2.39 bits per heavy atom. The molecule has 6 nitrogen and oxygen atoms in total. The number of anilines is 1. The lowest BCUT2D eigenvalue weighted by atomic mass is 9.91. The van der Waals surface area contributed by atoms with Crippen molar-refractivity contribution in [2.45, 2.75) is 89.8 Å². The van der Waals surface area contributed by atoms with Gasteiger partial charge < -0.3 is 5.32 Å². The number of rotatable bonds is 3. The molecule has 1 aliphatic heterocycles. The topological polar surface area (TPSA) is 67.2 Å². The average Bonchev–Trinajstić information content (AvgIpc) is 3.00. The Morgan fingerprint density at radius 1 is 1.12 bits per heavy atom. The van der Waals surface area contributed by atoms with Gasteiger partial charge in [-0.3, -0.25) is 19.2 Å². The van der Waals surface area contributed by atoms with Gasteiger partial charge in [-0.1, -0.05) is 46.5 Å². The van der Waals surface area contributed by atoms with Gasteiger partial charge in [0.05, 0.1) is 17.9 Å². The van der Waals surface area contributed by atoms with Gasteiger partial charge >= 0.3 is 0 Å². The molecule has 2 aliphatic rings. The maximum atomic E-state index is 14.9. The SMILES string of the molecule is CC(C)(C)c1cc2n(n1)C[C@](C)(C(=O)NC1CCCCCC1)N(c1ccc(F)cc1F)C2=O. The maximum absolute atomic E-state index is 14.9. The first-order valence-corrected chi connectivity index (χ1v) is 11.7. The van der Waals surface area contributed by atoms with E-state index in [2.05, 4.69) is 10.4 Å². The number of hydrogen-bond donors (Lipinski definition) is 1. The van der Waals surface area contributed by atoms with Crippen molar-refractivity contribution >= 4 is 17.5 Å². The Labute approximate surface area is 193 Å². The summed E-state index contributed by atoms with van der Waals surface area (Å²) < 4.78 is 30.1. The van der Waals surface area contributed by atoms with Crippen LogP contribution in [0.15, 0.2) is 24.3 Å². The number of benzene rings is 1. The van der Waals surface area contributed by atoms with Crippen LogP contribution in [0.2, 0.25) is 0 Å². The predicted octanol–water partition coefficient (Wildman–Crippen LogP) is 4.72. The first kappa shape index (κ1) is 23.4. The predicted molar refractivity (Wildman–Crippen MR) is 122 cm³/mol. The molecule has 1 N–H and O–H groups in total. The minimum Gasteiger partial charge on any atom is -0.351 e. The fourth-order valence-corrected chi connectivity index (χ4v) is 4.75. The third-order valence-electron chi connectivity index (χ3n) is 6.75. The summed E-state index contributed by atoms with van der Waals surface area (Å²) in [7, 11) is 0. The van der Waals surface area contributed by atoms with Gasteiger partial charge in [0.15, 0.2) is 0 Å². The molecule has 1 atom stereocenters. The highest BCUT2D eigenvalue weighted by molar-refractivity contribution is 6.12. The molecule has 4 rings (SSSR count). The van der Waals surface area contributed by atoms with Crippen LogP contribution in [-0.4, -0.2) is 33.2 Å². The Hall–Kier alpha value is -2.77. The number of fused-ring (bicyclic) bond motifs is 1. The number of halogens is 2. The Balaban J connectivity index is 1.78. The summed E-state index contributed by atoms with van der Waals surface area (Å²) in [6.07, 6.45) is 6.11. The molecule has 1 fully saturated rings. The van der Waals surface area contributed by atoms with Crippen molar-refractivity contribution in [2.24, 2.45) is 0 Å². The third-order valence-corrected chi connectivity index (χ3v) is 6.75. The molecule has 33 heavy (non-hydrogen) atoms. The van der Waals surface area contributed by atoms with E-state index < -0.39 is 23.1 Å². The average molecular weight is 459 g/mol. The molecular weight excluding hydrogens is 426 g/mol. The highest BCUT2D eigenvalue weighted by Gasteiger charge is 2.50. The van der Waals surface area contributed by atoms with Crippen LogP contribution < -0.4 is 10.2 Å². The Bertz CT molecular complexity index is 1070. The summed E-state index contributed by atoms with van der Waals surface area (Å²) in [5.74, 6) is -2.52. The first-order valence-electron chi connectivity index (χ1n) is 11.7. The second kappa shape index (κ2) is 8.54. The monoisotopic (exact) mass is 458 g/mol. The first-order chi connectivity index (χ1) is 15.5. The summed E-state index contributed by atoms with van der Waals surface area (Å²) in [6.45, 7) is 7.66. The van der Waals surface area contributed by atoms with Gasteiger partial charge in [0.1, 0.15) is 22.9 Å². The van der Waals surface area contributed by atoms with Crippen molar-refractivity contribution in [3.05, 3.63) is 47.3 Å². The number of aromatic nitrogens is 2. The van der Waals surface area contributed by atoms with Gasteiger partial charge in [-0.2, -0.15) is 5.10 Å². The summed E-state index contributed by atoms with van der Waals surface area (Å²) in [6, 6.07) is 4.76. The fourth-order valence-electron chi connectivity index (χ4n) is 4.75. The van der Waals surface area contributed by atoms with E-state index >= 15 is 0 Å². The summed E-state index contributed by atoms with van der Waals surface area (Å²) in [5, 5.41) is 7.73. The molecule has 1 aliphatic carbocycles. The van der Waals surface area contributed by atoms with Gasteiger partial charge in [-0.15, -0.1) is 0 Å². The highest BCUT2D eigenvalue weighted by atomic mass is 19.1. The number of hydrogen-bond acceptors (Lipinski definition) is 3. The smallest absolute Gasteiger partial charge is 0.277 e. The molecule has 8 heteroatoms. The van der Waals surface area contributed by atoms with Crippen molar-refractivity contribution < 1.29 is 18.4 Å². The molecule has 0 spiro atoms. The molecule has 1 aromatic carbocycles. The molecule has 2 amide bonds. The zero-order chi connectivity index (χ0) is 24.0. The maximum Gasteiger partial charge on any atom is 0.277 e. The van der Waals surface area contributed by atoms with Crippen LogP contribution in [0.25, 0.3) is 0 Å². The number of carbonyl (C=O) groups is 2. The second-order valence-corrected chi connectivity index (χ2v) is 10.5. The van der Waals surface area contributed by atoms with E-state index in [1.807, 2.05) is 20.8 Å². The van der Waals surface area contributed by atoms with E-state index in [-0.39, 0.29) is 35.3 Å². The van der Waals surface area contributed by atoms with Crippen molar-refractivity contribution in [3.8, 4) is 0 Å². The van der Waals surface area contributed by atoms with Crippen molar-refractivity contribution in [3.63, 3.8) is 0 Å². The van der Waals surface area contributed by atoms with Crippen LogP contribution in [0.5, 0.6) is 0 Å². The third kappa shape index (κ3) is 4.39. The van der Waals surface area contributed by atoms with Crippen LogP contribution in [0, 0.1) is 11.6 Å². The van der Waals surface area contributed by atoms with E-state index in [0.717, 1.165) is 50.7 Å². The van der Waals surface area contributed by atoms with Crippen molar-refractivity contribution in [1.82, 2.24) is 15.1 Å². The van der Waals surface area contributed by atoms with Crippen LogP contribution in [0.1, 0.15) is 82.4 Å². The fraction of sp³-hybridized carbons (Fsp3) is 0.560. The van der Waals surface area contributed by atoms with E-state index in [0.29, 0.717) is 5.69 Å². The molecule has 2 aromatic rings. The molecular formula is C25H32F2N4O2. The number of nitrogens with zero attached hydrogens (tertiary/aromatic N) is 3. The number of carbonyl (C=O) groups excluding carboxylic acids is 2. The Kier molecular flexibility index (Phi) is 6.05. The molecule has 1 saturated carbocycles. The molecule has 1 aromatic heterocycles. The van der Waals surface area contributed by atoms with Gasteiger partial charge in [-0.05, 0) is 38.0 Å². The minimum absolute atomic E-state index is 0.0102. The largest absolute Gasteiger partial charge is 0.351 e. The number of nitrogens with one attached hydrogen (secondary N) is 1. The standard InChI is InChI=1S/C25H32F2N4O2/c1-24(2,3)21-14-20-22(32)31(19-12-11-16(26)13-18(19)27)25(4,15-30(20)29-21)23(33)28-17-9-7-5-6-8-10-17/h11-14,17H,5-10,15H2,1-4H3,(H,28,33)/t25-/m1/s1. The minimum atomic E-state index is -1.43. The van der Waals surface area contributed by atoms with E-state index in [1.165, 1.54) is 11.0 Å². The summed E-state index contributed by atoms with van der Waals surface area (Å²) in [4.78, 5) is 28.5. The molecule has 0 saturated heterocycles. The van der Waals surface area contributed by atoms with Crippen molar-refractivity contribution in [2.75, 3.05) is 4.90 Å². The zero-order valence-corrected chi connectivity index (χ0v) is 19.8. The lowest BCUT2D eigenvalue weighted by Crippen LogP contribution is -2.65. The quantitative estimate of drug-likeness (QED) is 0.677. The summed E-state index contributed by atoms with van der Waals surface area (Å²) >= 11 is 0. The van der Waals surface area contributed by atoms with E-state index in [1.54, 1.807) is 17.7 Å². The lowest BCUT2D eigenvalue weighted by Gasteiger charge is -2.43. The second-order valence-electron chi connectivity index (χ2n) is 10.5. The van der Waals surface area contributed by atoms with Crippen molar-refractivity contribution in [1.29, 1.82) is 0 Å². The number of amides is 2. The highest BCUT2D eigenvalue weighted by Crippen LogP contribution is 2.36. The van der Waals surface area contributed by atoms with Crippen LogP contribution in [-0.2, 0) is 16.8 Å². The van der Waals surface area contributed by atoms with Gasteiger partial charge in [-0.25, -0.2) is 8.78 Å². The molecule has 178 valence electrons. The van der Waals surface area contributed by atoms with E-state index in [4.69, 9.17) is 0 Å². The van der Waals surface area contributed by atoms with Crippen LogP contribution >= 0.6 is 0 Å². The summed E-state index contributed by atoms with van der Waals surface area (Å²) in [5.41, 5.74) is -0.877. The van der Waals surface area contributed by atoms with E-state index in [9.17, 15) is 18.4 Å². The molecule has 0 unspecified atom stereocenters. The van der Waals surface area contributed by atoms with Crippen LogP contribution in [0.4, 0.5) is 14.5 Å². The molecule has 0 radical (unpaired) electrons. The van der Waals surface area contributed by atoms with Gasteiger partial charge in [0.25, 0.3) is 5.91 Å².